The van der Waals surface area contributed by atoms with Crippen LogP contribution in [0.4, 0.5) is 0 Å². The molecule has 0 aromatic heterocycles. The lowest BCUT2D eigenvalue weighted by atomic mass is 10.1. The number of hydrogen-bond donors (Lipinski definition) is 3. The van der Waals surface area contributed by atoms with Gasteiger partial charge in [-0.05, 0) is 24.1 Å². The van der Waals surface area contributed by atoms with Gasteiger partial charge in [0, 0.05) is 26.1 Å². The molecule has 5 nitrogen and oxygen atoms in total. The number of carbonyl (C=O) groups excluding carboxylic acids is 1. The van der Waals surface area contributed by atoms with Gasteiger partial charge in [0.1, 0.15) is 0 Å². The zero-order chi connectivity index (χ0) is 14.8. The summed E-state index contributed by atoms with van der Waals surface area (Å²) in [6.07, 6.45) is 0.692. The van der Waals surface area contributed by atoms with Crippen LogP contribution < -0.4 is 10.6 Å². The van der Waals surface area contributed by atoms with Crippen LogP contribution in [0, 0.1) is 11.3 Å². The Morgan fingerprint density at radius 2 is 2.05 bits per heavy atom. The number of benzene rings is 1. The van der Waals surface area contributed by atoms with E-state index in [-0.39, 0.29) is 5.91 Å². The number of carbonyl (C=O) groups is 1. The smallest absolute Gasteiger partial charge is 0.221 e. The van der Waals surface area contributed by atoms with Gasteiger partial charge in [0.15, 0.2) is 0 Å². The van der Waals surface area contributed by atoms with E-state index in [2.05, 4.69) is 10.6 Å². The third-order valence-electron chi connectivity index (χ3n) is 2.86. The molecule has 1 amide bonds. The first-order chi connectivity index (χ1) is 9.67. The van der Waals surface area contributed by atoms with E-state index in [4.69, 9.17) is 5.26 Å². The van der Waals surface area contributed by atoms with Gasteiger partial charge >= 0.3 is 0 Å². The summed E-state index contributed by atoms with van der Waals surface area (Å²) in [4.78, 5) is 11.3. The molecule has 0 saturated heterocycles. The molecule has 1 aromatic carbocycles. The van der Waals surface area contributed by atoms with Gasteiger partial charge in [0.05, 0.1) is 17.7 Å². The zero-order valence-corrected chi connectivity index (χ0v) is 11.7. The highest BCUT2D eigenvalue weighted by atomic mass is 16.3. The number of nitrogens with one attached hydrogen (secondary N) is 2. The summed E-state index contributed by atoms with van der Waals surface area (Å²) in [5, 5.41) is 24.5. The lowest BCUT2D eigenvalue weighted by Crippen LogP contribution is -2.29. The number of aliphatic hydroxyl groups is 1. The number of nitriles is 1. The second-order valence-corrected chi connectivity index (χ2v) is 4.55. The number of rotatable bonds is 8. The van der Waals surface area contributed by atoms with Gasteiger partial charge in [-0.2, -0.15) is 5.26 Å². The molecule has 108 valence electrons. The molecule has 20 heavy (non-hydrogen) atoms. The summed E-state index contributed by atoms with van der Waals surface area (Å²) in [7, 11) is 0. The van der Waals surface area contributed by atoms with E-state index in [0.29, 0.717) is 31.6 Å². The Morgan fingerprint density at radius 1 is 1.35 bits per heavy atom. The van der Waals surface area contributed by atoms with Crippen LogP contribution in [0.15, 0.2) is 24.3 Å². The molecule has 0 fully saturated rings. The van der Waals surface area contributed by atoms with Crippen LogP contribution in [-0.4, -0.2) is 30.6 Å². The Bertz CT molecular complexity index is 451. The van der Waals surface area contributed by atoms with E-state index in [0.717, 1.165) is 12.0 Å². The molecule has 1 aromatic rings. The van der Waals surface area contributed by atoms with Gasteiger partial charge in [0.25, 0.3) is 0 Å². The summed E-state index contributed by atoms with van der Waals surface area (Å²) < 4.78 is 0. The average Bonchev–Trinajstić information content (AvgIpc) is 2.49. The van der Waals surface area contributed by atoms with Crippen molar-refractivity contribution < 1.29 is 9.90 Å². The Morgan fingerprint density at radius 3 is 2.65 bits per heavy atom. The number of aliphatic hydroxyl groups excluding tert-OH is 1. The zero-order valence-electron chi connectivity index (χ0n) is 11.7. The topological polar surface area (TPSA) is 85.2 Å². The summed E-state index contributed by atoms with van der Waals surface area (Å²) in [6, 6.07) is 8.86. The normalized spacial score (nSPS) is 11.7. The molecule has 0 saturated carbocycles. The summed E-state index contributed by atoms with van der Waals surface area (Å²) >= 11 is 0. The summed E-state index contributed by atoms with van der Waals surface area (Å²) in [5.41, 5.74) is 1.33. The Labute approximate surface area is 119 Å². The molecule has 0 aliphatic rings. The fraction of sp³-hybridized carbons (Fsp3) is 0.467. The quantitative estimate of drug-likeness (QED) is 0.620. The van der Waals surface area contributed by atoms with Crippen LogP contribution in [0.25, 0.3) is 0 Å². The van der Waals surface area contributed by atoms with Crippen LogP contribution in [0.1, 0.15) is 37.0 Å². The maximum Gasteiger partial charge on any atom is 0.221 e. The summed E-state index contributed by atoms with van der Waals surface area (Å²) in [6.45, 7) is 3.62. The Balaban J connectivity index is 2.24. The molecular weight excluding hydrogens is 254 g/mol. The largest absolute Gasteiger partial charge is 0.387 e. The van der Waals surface area contributed by atoms with Crippen LogP contribution in [0.3, 0.4) is 0 Å². The highest BCUT2D eigenvalue weighted by Gasteiger charge is 2.07. The van der Waals surface area contributed by atoms with Crippen LogP contribution in [-0.2, 0) is 4.79 Å². The highest BCUT2D eigenvalue weighted by Crippen LogP contribution is 2.12. The monoisotopic (exact) mass is 275 g/mol. The van der Waals surface area contributed by atoms with Crippen molar-refractivity contribution in [3.63, 3.8) is 0 Å². The predicted octanol–water partition coefficient (Wildman–Crippen LogP) is 1.10. The molecule has 3 N–H and O–H groups in total. The van der Waals surface area contributed by atoms with E-state index in [9.17, 15) is 9.90 Å². The molecule has 0 bridgehead atoms. The maximum absolute atomic E-state index is 11.3. The minimum Gasteiger partial charge on any atom is -0.387 e. The van der Waals surface area contributed by atoms with Crippen molar-refractivity contribution in [1.82, 2.24) is 10.6 Å². The van der Waals surface area contributed by atoms with Crippen molar-refractivity contribution in [1.29, 1.82) is 5.26 Å². The highest BCUT2D eigenvalue weighted by molar-refractivity contribution is 5.75. The minimum absolute atomic E-state index is 0.0206. The second kappa shape index (κ2) is 9.08. The SMILES string of the molecule is CCCNC(=O)CCNCC(O)c1ccc(C#N)cc1. The van der Waals surface area contributed by atoms with E-state index >= 15 is 0 Å². The van der Waals surface area contributed by atoms with Gasteiger partial charge in [-0.3, -0.25) is 4.79 Å². The van der Waals surface area contributed by atoms with Crippen molar-refractivity contribution in [2.24, 2.45) is 0 Å². The molecular formula is C15H21N3O2. The molecule has 1 atom stereocenters. The van der Waals surface area contributed by atoms with E-state index in [1.165, 1.54) is 0 Å². The van der Waals surface area contributed by atoms with Crippen molar-refractivity contribution in [2.75, 3.05) is 19.6 Å². The predicted molar refractivity (Wildman–Crippen MR) is 76.9 cm³/mol. The molecule has 0 spiro atoms. The standard InChI is InChI=1S/C15H21N3O2/c1-2-8-18-15(20)7-9-17-11-14(19)13-5-3-12(10-16)4-6-13/h3-6,14,17,19H,2,7-9,11H2,1H3,(H,18,20). The van der Waals surface area contributed by atoms with Crippen molar-refractivity contribution in [2.45, 2.75) is 25.9 Å². The van der Waals surface area contributed by atoms with E-state index < -0.39 is 6.10 Å². The lowest BCUT2D eigenvalue weighted by molar-refractivity contribution is -0.121. The van der Waals surface area contributed by atoms with Crippen molar-refractivity contribution >= 4 is 5.91 Å². The molecule has 5 heteroatoms. The van der Waals surface area contributed by atoms with E-state index in [1.807, 2.05) is 13.0 Å². The fourth-order valence-corrected chi connectivity index (χ4v) is 1.69. The Hall–Kier alpha value is -1.90. The first-order valence-electron chi connectivity index (χ1n) is 6.83. The van der Waals surface area contributed by atoms with Gasteiger partial charge < -0.3 is 15.7 Å². The summed E-state index contributed by atoms with van der Waals surface area (Å²) in [5.74, 6) is 0.0206. The molecule has 0 radical (unpaired) electrons. The third kappa shape index (κ3) is 5.83. The minimum atomic E-state index is -0.638. The number of amides is 1. The Kier molecular flexibility index (Phi) is 7.33. The second-order valence-electron chi connectivity index (χ2n) is 4.55. The maximum atomic E-state index is 11.3. The van der Waals surface area contributed by atoms with E-state index in [1.54, 1.807) is 24.3 Å². The number of nitrogens with zero attached hydrogens (tertiary/aromatic N) is 1. The molecule has 0 aliphatic carbocycles. The molecule has 1 rings (SSSR count). The molecule has 0 aliphatic heterocycles. The van der Waals surface area contributed by atoms with Gasteiger partial charge in [-0.25, -0.2) is 0 Å². The van der Waals surface area contributed by atoms with Crippen molar-refractivity contribution in [3.05, 3.63) is 35.4 Å². The first kappa shape index (κ1) is 16.2. The van der Waals surface area contributed by atoms with Crippen LogP contribution >= 0.6 is 0 Å². The van der Waals surface area contributed by atoms with Crippen molar-refractivity contribution in [3.8, 4) is 6.07 Å². The average molecular weight is 275 g/mol. The van der Waals surface area contributed by atoms with Gasteiger partial charge in [-0.1, -0.05) is 19.1 Å². The third-order valence-corrected chi connectivity index (χ3v) is 2.86. The van der Waals surface area contributed by atoms with Crippen LogP contribution in [0.5, 0.6) is 0 Å². The first-order valence-corrected chi connectivity index (χ1v) is 6.83. The fourth-order valence-electron chi connectivity index (χ4n) is 1.69. The molecule has 0 heterocycles. The lowest BCUT2D eigenvalue weighted by Gasteiger charge is -2.12. The van der Waals surface area contributed by atoms with Gasteiger partial charge in [-0.15, -0.1) is 0 Å². The molecule has 1 unspecified atom stereocenters. The van der Waals surface area contributed by atoms with Gasteiger partial charge in [0.2, 0.25) is 5.91 Å². The van der Waals surface area contributed by atoms with Crippen LogP contribution in [0.2, 0.25) is 0 Å². The number of hydrogen-bond acceptors (Lipinski definition) is 4.